The molecule has 0 aliphatic heterocycles. The van der Waals surface area contributed by atoms with Gasteiger partial charge in [-0.3, -0.25) is 0 Å². The Labute approximate surface area is 109 Å². The molecular weight excluding hydrogens is 309 g/mol. The highest BCUT2D eigenvalue weighted by Crippen LogP contribution is 2.36. The van der Waals surface area contributed by atoms with Gasteiger partial charge >= 0.3 is 6.18 Å². The quantitative estimate of drug-likeness (QED) is 0.778. The smallest absolute Gasteiger partial charge is 0.308 e. The van der Waals surface area contributed by atoms with Gasteiger partial charge in [-0.05, 0) is 30.3 Å². The van der Waals surface area contributed by atoms with Crippen LogP contribution < -0.4 is 0 Å². The molecule has 92 valence electrons. The fraction of sp³-hybridized carbons (Fsp3) is 0.0833. The lowest BCUT2D eigenvalue weighted by molar-refractivity contribution is -0.137. The van der Waals surface area contributed by atoms with Crippen LogP contribution in [-0.2, 0) is 6.18 Å². The van der Waals surface area contributed by atoms with E-state index in [2.05, 4.69) is 15.9 Å². The van der Waals surface area contributed by atoms with E-state index in [9.17, 15) is 13.2 Å². The summed E-state index contributed by atoms with van der Waals surface area (Å²) in [4.78, 5) is 0. The minimum atomic E-state index is -4.48. The minimum Gasteiger partial charge on any atom is -0.308 e. The molecule has 2 rings (SSSR count). The Morgan fingerprint density at radius 3 is 2.56 bits per heavy atom. The van der Waals surface area contributed by atoms with Crippen LogP contribution in [0.2, 0.25) is 0 Å². The molecule has 18 heavy (non-hydrogen) atoms. The Morgan fingerprint density at radius 1 is 1.22 bits per heavy atom. The van der Waals surface area contributed by atoms with Crippen LogP contribution in [0, 0.1) is 11.3 Å². The Morgan fingerprint density at radius 2 is 1.94 bits per heavy atom. The largest absolute Gasteiger partial charge is 0.418 e. The molecule has 0 spiro atoms. The van der Waals surface area contributed by atoms with E-state index >= 15 is 0 Å². The van der Waals surface area contributed by atoms with E-state index < -0.39 is 11.7 Å². The zero-order valence-electron chi connectivity index (χ0n) is 8.87. The summed E-state index contributed by atoms with van der Waals surface area (Å²) in [6.07, 6.45) is -3.05. The Bertz CT molecular complexity index is 623. The second kappa shape index (κ2) is 4.50. The number of nitrogens with zero attached hydrogens (tertiary/aromatic N) is 2. The molecular formula is C12H6BrF3N2. The minimum absolute atomic E-state index is 0.0627. The van der Waals surface area contributed by atoms with Crippen molar-refractivity contribution in [3.8, 4) is 11.8 Å². The van der Waals surface area contributed by atoms with Gasteiger partial charge in [0.2, 0.25) is 0 Å². The maximum atomic E-state index is 12.9. The lowest BCUT2D eigenvalue weighted by Crippen LogP contribution is -2.11. The van der Waals surface area contributed by atoms with Crippen molar-refractivity contribution in [2.45, 2.75) is 6.18 Å². The van der Waals surface area contributed by atoms with Gasteiger partial charge in [-0.1, -0.05) is 15.9 Å². The van der Waals surface area contributed by atoms with Crippen LogP contribution in [0.5, 0.6) is 0 Å². The molecule has 0 unspecified atom stereocenters. The molecule has 0 saturated carbocycles. The van der Waals surface area contributed by atoms with Gasteiger partial charge in [0, 0.05) is 10.7 Å². The molecule has 6 heteroatoms. The molecule has 0 amide bonds. The predicted octanol–water partition coefficient (Wildman–Crippen LogP) is 4.13. The molecule has 2 aromatic rings. The number of benzene rings is 1. The standard InChI is InChI=1S/C12H6BrF3N2/c13-8-3-4-11(10(6-8)12(14,15)16)18-5-1-2-9(18)7-17/h1-6H. The van der Waals surface area contributed by atoms with Crippen LogP contribution in [-0.4, -0.2) is 4.57 Å². The van der Waals surface area contributed by atoms with Crippen LogP contribution in [0.3, 0.4) is 0 Å². The summed E-state index contributed by atoms with van der Waals surface area (Å²) in [6, 6.07) is 8.67. The first-order valence-corrected chi connectivity index (χ1v) is 5.67. The maximum absolute atomic E-state index is 12.9. The highest BCUT2D eigenvalue weighted by molar-refractivity contribution is 9.10. The second-order valence-corrected chi connectivity index (χ2v) is 4.45. The van der Waals surface area contributed by atoms with Crippen molar-refractivity contribution in [1.29, 1.82) is 5.26 Å². The molecule has 0 saturated heterocycles. The van der Waals surface area contributed by atoms with Crippen molar-refractivity contribution < 1.29 is 13.2 Å². The van der Waals surface area contributed by atoms with Gasteiger partial charge < -0.3 is 4.57 Å². The third-order valence-corrected chi connectivity index (χ3v) is 2.88. The highest BCUT2D eigenvalue weighted by atomic mass is 79.9. The van der Waals surface area contributed by atoms with E-state index in [0.717, 1.165) is 6.07 Å². The first-order valence-electron chi connectivity index (χ1n) is 4.88. The molecule has 1 aromatic heterocycles. The number of hydrogen-bond donors (Lipinski definition) is 0. The summed E-state index contributed by atoms with van der Waals surface area (Å²) >= 11 is 3.01. The van der Waals surface area contributed by atoms with Gasteiger partial charge in [-0.15, -0.1) is 0 Å². The lowest BCUT2D eigenvalue weighted by Gasteiger charge is -2.14. The van der Waals surface area contributed by atoms with Crippen LogP contribution in [0.4, 0.5) is 13.2 Å². The van der Waals surface area contributed by atoms with Gasteiger partial charge in [0.1, 0.15) is 11.8 Å². The third kappa shape index (κ3) is 2.27. The van der Waals surface area contributed by atoms with Crippen molar-refractivity contribution in [2.24, 2.45) is 0 Å². The monoisotopic (exact) mass is 314 g/mol. The number of nitriles is 1. The molecule has 1 aromatic carbocycles. The molecule has 1 heterocycles. The third-order valence-electron chi connectivity index (χ3n) is 2.39. The average molecular weight is 315 g/mol. The zero-order valence-corrected chi connectivity index (χ0v) is 10.5. The van der Waals surface area contributed by atoms with Gasteiger partial charge in [0.05, 0.1) is 11.3 Å². The number of rotatable bonds is 1. The summed E-state index contributed by atoms with van der Waals surface area (Å²) in [5, 5.41) is 8.86. The summed E-state index contributed by atoms with van der Waals surface area (Å²) in [7, 11) is 0. The molecule has 0 N–H and O–H groups in total. The molecule has 0 radical (unpaired) electrons. The van der Waals surface area contributed by atoms with Crippen LogP contribution in [0.15, 0.2) is 41.0 Å². The number of aromatic nitrogens is 1. The lowest BCUT2D eigenvalue weighted by atomic mass is 10.1. The summed E-state index contributed by atoms with van der Waals surface area (Å²) in [6.45, 7) is 0. The van der Waals surface area contributed by atoms with E-state index in [4.69, 9.17) is 5.26 Å². The summed E-state index contributed by atoms with van der Waals surface area (Å²) < 4.78 is 40.4. The van der Waals surface area contributed by atoms with E-state index in [0.29, 0.717) is 4.47 Å². The van der Waals surface area contributed by atoms with E-state index in [1.165, 1.54) is 35.0 Å². The van der Waals surface area contributed by atoms with Crippen LogP contribution in [0.25, 0.3) is 5.69 Å². The Kier molecular flexibility index (Phi) is 3.18. The van der Waals surface area contributed by atoms with Crippen molar-refractivity contribution in [1.82, 2.24) is 4.57 Å². The maximum Gasteiger partial charge on any atom is 0.418 e. The van der Waals surface area contributed by atoms with Gasteiger partial charge in [0.25, 0.3) is 0 Å². The number of alkyl halides is 3. The molecule has 0 aliphatic carbocycles. The van der Waals surface area contributed by atoms with Crippen molar-refractivity contribution >= 4 is 15.9 Å². The Hall–Kier alpha value is -1.74. The Balaban J connectivity index is 2.69. The first kappa shape index (κ1) is 12.7. The van der Waals surface area contributed by atoms with Gasteiger partial charge in [-0.25, -0.2) is 0 Å². The highest BCUT2D eigenvalue weighted by Gasteiger charge is 2.34. The van der Waals surface area contributed by atoms with Crippen molar-refractivity contribution in [3.05, 3.63) is 52.3 Å². The fourth-order valence-electron chi connectivity index (χ4n) is 1.63. The molecule has 0 aliphatic rings. The average Bonchev–Trinajstić information content (AvgIpc) is 2.75. The topological polar surface area (TPSA) is 28.7 Å². The molecule has 2 nitrogen and oxygen atoms in total. The number of halogens is 4. The van der Waals surface area contributed by atoms with Gasteiger partial charge in [0.15, 0.2) is 0 Å². The number of hydrogen-bond acceptors (Lipinski definition) is 1. The summed E-state index contributed by atoms with van der Waals surface area (Å²) in [5.74, 6) is 0. The SMILES string of the molecule is N#Cc1cccn1-c1ccc(Br)cc1C(F)(F)F. The van der Waals surface area contributed by atoms with Gasteiger partial charge in [-0.2, -0.15) is 18.4 Å². The van der Waals surface area contributed by atoms with E-state index in [1.54, 1.807) is 0 Å². The fourth-order valence-corrected chi connectivity index (χ4v) is 1.99. The predicted molar refractivity (Wildman–Crippen MR) is 63.2 cm³/mol. The first-order chi connectivity index (χ1) is 8.43. The van der Waals surface area contributed by atoms with Crippen LogP contribution >= 0.6 is 15.9 Å². The second-order valence-electron chi connectivity index (χ2n) is 3.53. The normalized spacial score (nSPS) is 11.3. The summed E-state index contributed by atoms with van der Waals surface area (Å²) in [5.41, 5.74) is -0.695. The van der Waals surface area contributed by atoms with E-state index in [1.807, 2.05) is 6.07 Å². The zero-order chi connectivity index (χ0) is 13.3. The van der Waals surface area contributed by atoms with Crippen molar-refractivity contribution in [3.63, 3.8) is 0 Å². The van der Waals surface area contributed by atoms with E-state index in [-0.39, 0.29) is 11.4 Å². The molecule has 0 atom stereocenters. The van der Waals surface area contributed by atoms with Crippen LogP contribution in [0.1, 0.15) is 11.3 Å². The van der Waals surface area contributed by atoms with Crippen molar-refractivity contribution in [2.75, 3.05) is 0 Å². The molecule has 0 bridgehead atoms. The molecule has 0 fully saturated rings.